The van der Waals surface area contributed by atoms with Crippen molar-refractivity contribution in [3.05, 3.63) is 64.1 Å². The molecule has 0 aliphatic carbocycles. The van der Waals surface area contributed by atoms with Crippen LogP contribution in [0.15, 0.2) is 53.0 Å². The van der Waals surface area contributed by atoms with Gasteiger partial charge in [0.05, 0.1) is 12.7 Å². The maximum absolute atomic E-state index is 12.8. The van der Waals surface area contributed by atoms with Crippen LogP contribution in [0.1, 0.15) is 28.3 Å². The second-order valence-corrected chi connectivity index (χ2v) is 6.35. The molecule has 0 spiro atoms. The van der Waals surface area contributed by atoms with Gasteiger partial charge < -0.3 is 9.64 Å². The fourth-order valence-corrected chi connectivity index (χ4v) is 3.32. The first-order chi connectivity index (χ1) is 10.7. The van der Waals surface area contributed by atoms with Crippen molar-refractivity contribution < 1.29 is 9.53 Å². The number of nitrogens with zero attached hydrogens (tertiary/aromatic N) is 1. The van der Waals surface area contributed by atoms with E-state index in [1.807, 2.05) is 23.1 Å². The molecule has 0 unspecified atom stereocenters. The molecule has 3 nitrogen and oxygen atoms in total. The number of hydrogen-bond donors (Lipinski definition) is 0. The summed E-state index contributed by atoms with van der Waals surface area (Å²) in [5.41, 5.74) is 1.97. The summed E-state index contributed by atoms with van der Waals surface area (Å²) in [7, 11) is 1.61. The van der Waals surface area contributed by atoms with Crippen molar-refractivity contribution in [1.29, 1.82) is 0 Å². The minimum atomic E-state index is 0.0595. The van der Waals surface area contributed by atoms with Gasteiger partial charge in [-0.25, -0.2) is 0 Å². The Kier molecular flexibility index (Phi) is 4.48. The predicted octanol–water partition coefficient (Wildman–Crippen LogP) is 4.09. The summed E-state index contributed by atoms with van der Waals surface area (Å²) >= 11 is 3.46. The van der Waals surface area contributed by atoms with E-state index in [4.69, 9.17) is 4.74 Å². The topological polar surface area (TPSA) is 29.5 Å². The fraction of sp³-hybridized carbons (Fsp3) is 0.278. The van der Waals surface area contributed by atoms with E-state index in [0.717, 1.165) is 24.0 Å². The van der Waals surface area contributed by atoms with Gasteiger partial charge in [0.1, 0.15) is 5.75 Å². The molecule has 0 radical (unpaired) electrons. The lowest BCUT2D eigenvalue weighted by atomic mass is 9.99. The third-order valence-electron chi connectivity index (χ3n) is 4.15. The number of likely N-dealkylation sites (tertiary alicyclic amines) is 1. The number of hydrogen-bond acceptors (Lipinski definition) is 2. The summed E-state index contributed by atoms with van der Waals surface area (Å²) in [6.07, 6.45) is 1.01. The van der Waals surface area contributed by atoms with Gasteiger partial charge in [0.15, 0.2) is 0 Å². The number of methoxy groups -OCH3 is 1. The van der Waals surface area contributed by atoms with E-state index in [-0.39, 0.29) is 5.91 Å². The second kappa shape index (κ2) is 6.53. The summed E-state index contributed by atoms with van der Waals surface area (Å²) in [5, 5.41) is 0. The highest BCUT2D eigenvalue weighted by molar-refractivity contribution is 9.10. The van der Waals surface area contributed by atoms with Gasteiger partial charge in [-0.2, -0.15) is 0 Å². The van der Waals surface area contributed by atoms with Crippen LogP contribution in [0.25, 0.3) is 0 Å². The highest BCUT2D eigenvalue weighted by Crippen LogP contribution is 2.30. The zero-order valence-electron chi connectivity index (χ0n) is 12.5. The molecule has 1 amide bonds. The molecule has 0 aromatic heterocycles. The molecule has 1 atom stereocenters. The lowest BCUT2D eigenvalue weighted by molar-refractivity contribution is 0.0789. The van der Waals surface area contributed by atoms with Gasteiger partial charge in [-0.3, -0.25) is 4.79 Å². The number of carbonyl (C=O) groups is 1. The summed E-state index contributed by atoms with van der Waals surface area (Å²) in [5.74, 6) is 1.18. The predicted molar refractivity (Wildman–Crippen MR) is 90.4 cm³/mol. The molecule has 114 valence electrons. The van der Waals surface area contributed by atoms with E-state index >= 15 is 0 Å². The number of ether oxygens (including phenoxy) is 1. The number of benzene rings is 2. The standard InChI is InChI=1S/C18H18BrNO2/c1-22-15-7-8-17(19)16(11-15)18(21)20-10-9-14(12-20)13-5-3-2-4-6-13/h2-8,11,14H,9-10,12H2,1H3/t14-/m0/s1. The molecule has 0 saturated carbocycles. The molecule has 1 fully saturated rings. The Bertz CT molecular complexity index is 672. The third kappa shape index (κ3) is 3.02. The highest BCUT2D eigenvalue weighted by Gasteiger charge is 2.28. The molecule has 1 heterocycles. The van der Waals surface area contributed by atoms with Crippen molar-refractivity contribution in [3.8, 4) is 5.75 Å². The van der Waals surface area contributed by atoms with E-state index in [0.29, 0.717) is 17.2 Å². The Hall–Kier alpha value is -1.81. The van der Waals surface area contributed by atoms with E-state index in [1.54, 1.807) is 13.2 Å². The van der Waals surface area contributed by atoms with Crippen LogP contribution in [0.5, 0.6) is 5.75 Å². The van der Waals surface area contributed by atoms with Crippen LogP contribution in [0.2, 0.25) is 0 Å². The quantitative estimate of drug-likeness (QED) is 0.825. The van der Waals surface area contributed by atoms with Crippen molar-refractivity contribution >= 4 is 21.8 Å². The largest absolute Gasteiger partial charge is 0.497 e. The molecule has 2 aromatic rings. The van der Waals surface area contributed by atoms with E-state index in [2.05, 4.69) is 40.2 Å². The lowest BCUT2D eigenvalue weighted by Crippen LogP contribution is -2.28. The number of carbonyl (C=O) groups excluding carboxylic acids is 1. The van der Waals surface area contributed by atoms with Crippen LogP contribution >= 0.6 is 15.9 Å². The van der Waals surface area contributed by atoms with Gasteiger partial charge in [0, 0.05) is 23.5 Å². The average molecular weight is 360 g/mol. The molecule has 2 aromatic carbocycles. The van der Waals surface area contributed by atoms with Crippen molar-refractivity contribution in [2.24, 2.45) is 0 Å². The van der Waals surface area contributed by atoms with Gasteiger partial charge in [0.2, 0.25) is 0 Å². The van der Waals surface area contributed by atoms with E-state index in [9.17, 15) is 4.79 Å². The van der Waals surface area contributed by atoms with Crippen LogP contribution in [0.4, 0.5) is 0 Å². The number of halogens is 1. The van der Waals surface area contributed by atoms with Crippen molar-refractivity contribution in [2.45, 2.75) is 12.3 Å². The van der Waals surface area contributed by atoms with Gasteiger partial charge in [-0.05, 0) is 46.1 Å². The van der Waals surface area contributed by atoms with Crippen LogP contribution in [-0.4, -0.2) is 31.0 Å². The Morgan fingerprint density at radius 2 is 2.00 bits per heavy atom. The fourth-order valence-electron chi connectivity index (χ4n) is 2.91. The molecular weight excluding hydrogens is 342 g/mol. The third-order valence-corrected chi connectivity index (χ3v) is 4.84. The molecule has 0 bridgehead atoms. The van der Waals surface area contributed by atoms with Crippen LogP contribution in [0.3, 0.4) is 0 Å². The maximum Gasteiger partial charge on any atom is 0.255 e. The summed E-state index contributed by atoms with van der Waals surface area (Å²) in [6, 6.07) is 15.9. The summed E-state index contributed by atoms with van der Waals surface area (Å²) in [4.78, 5) is 14.7. The van der Waals surface area contributed by atoms with Crippen LogP contribution < -0.4 is 4.74 Å². The van der Waals surface area contributed by atoms with Crippen molar-refractivity contribution in [3.63, 3.8) is 0 Å². The van der Waals surface area contributed by atoms with E-state index in [1.165, 1.54) is 5.56 Å². The number of amides is 1. The molecule has 0 N–H and O–H groups in total. The normalized spacial score (nSPS) is 17.5. The molecule has 3 rings (SSSR count). The summed E-state index contributed by atoms with van der Waals surface area (Å²) in [6.45, 7) is 1.56. The molecule has 1 aliphatic heterocycles. The Labute approximate surface area is 139 Å². The van der Waals surface area contributed by atoms with Crippen LogP contribution in [0, 0.1) is 0 Å². The first kappa shape index (κ1) is 15.1. The minimum absolute atomic E-state index is 0.0595. The van der Waals surface area contributed by atoms with Crippen molar-refractivity contribution in [1.82, 2.24) is 4.90 Å². The maximum atomic E-state index is 12.8. The molecule has 1 saturated heterocycles. The Balaban J connectivity index is 1.77. The molecular formula is C18H18BrNO2. The van der Waals surface area contributed by atoms with Gasteiger partial charge in [0.25, 0.3) is 5.91 Å². The first-order valence-electron chi connectivity index (χ1n) is 7.37. The Morgan fingerprint density at radius 1 is 1.23 bits per heavy atom. The summed E-state index contributed by atoms with van der Waals surface area (Å²) < 4.78 is 6.03. The van der Waals surface area contributed by atoms with E-state index < -0.39 is 0 Å². The lowest BCUT2D eigenvalue weighted by Gasteiger charge is -2.18. The molecule has 1 aliphatic rings. The van der Waals surface area contributed by atoms with Gasteiger partial charge in [-0.1, -0.05) is 30.3 Å². The zero-order chi connectivity index (χ0) is 15.5. The van der Waals surface area contributed by atoms with Gasteiger partial charge in [-0.15, -0.1) is 0 Å². The molecule has 22 heavy (non-hydrogen) atoms. The number of rotatable bonds is 3. The first-order valence-corrected chi connectivity index (χ1v) is 8.16. The monoisotopic (exact) mass is 359 g/mol. The smallest absolute Gasteiger partial charge is 0.255 e. The van der Waals surface area contributed by atoms with Gasteiger partial charge >= 0.3 is 0 Å². The Morgan fingerprint density at radius 3 is 2.73 bits per heavy atom. The average Bonchev–Trinajstić information content (AvgIpc) is 3.05. The molecule has 4 heteroatoms. The SMILES string of the molecule is COc1ccc(Br)c(C(=O)N2CC[C@H](c3ccccc3)C2)c1. The minimum Gasteiger partial charge on any atom is -0.497 e. The zero-order valence-corrected chi connectivity index (χ0v) is 14.0. The van der Waals surface area contributed by atoms with Crippen LogP contribution in [-0.2, 0) is 0 Å². The highest BCUT2D eigenvalue weighted by atomic mass is 79.9. The van der Waals surface area contributed by atoms with Crippen molar-refractivity contribution in [2.75, 3.05) is 20.2 Å². The second-order valence-electron chi connectivity index (χ2n) is 5.49.